The number of hydrogen-bond acceptors (Lipinski definition) is 4. The van der Waals surface area contributed by atoms with E-state index in [1.165, 1.54) is 126 Å². The molecule has 0 atom stereocenters. The summed E-state index contributed by atoms with van der Waals surface area (Å²) in [4.78, 5) is 19.1. The highest BCUT2D eigenvalue weighted by Crippen LogP contribution is 2.42. The van der Waals surface area contributed by atoms with Crippen molar-refractivity contribution in [3.05, 3.63) is 419 Å². The van der Waals surface area contributed by atoms with Crippen LogP contribution < -0.4 is 0 Å². The van der Waals surface area contributed by atoms with Gasteiger partial charge in [-0.2, -0.15) is 0 Å². The van der Waals surface area contributed by atoms with E-state index in [4.69, 9.17) is 9.97 Å². The Morgan fingerprint density at radius 1 is 0.153 bits per heavy atom. The van der Waals surface area contributed by atoms with E-state index < -0.39 is 0 Å². The Morgan fingerprint density at radius 2 is 0.432 bits per heavy atom. The molecule has 0 saturated heterocycles. The highest BCUT2D eigenvalue weighted by atomic mass is 15.0. The summed E-state index contributed by atoms with van der Waals surface area (Å²) >= 11 is 0. The minimum absolute atomic E-state index is 0.725. The summed E-state index contributed by atoms with van der Waals surface area (Å²) in [6, 6.07) is 144. The molecule has 0 radical (unpaired) electrons. The molecule has 7 nitrogen and oxygen atoms in total. The lowest BCUT2D eigenvalue weighted by atomic mass is 9.94. The lowest BCUT2D eigenvalue weighted by Crippen LogP contribution is -1.97. The van der Waals surface area contributed by atoms with E-state index in [0.717, 1.165) is 67.8 Å². The van der Waals surface area contributed by atoms with Gasteiger partial charge in [-0.1, -0.05) is 303 Å². The third-order valence-electron chi connectivity index (χ3n) is 21.5. The summed E-state index contributed by atoms with van der Waals surface area (Å²) in [5.74, 6) is 1.46. The van der Waals surface area contributed by atoms with Gasteiger partial charge in [0.15, 0.2) is 11.6 Å². The lowest BCUT2D eigenvalue weighted by molar-refractivity contribution is 1.16. The van der Waals surface area contributed by atoms with Crippen LogP contribution in [0.25, 0.3) is 193 Å². The summed E-state index contributed by atoms with van der Waals surface area (Å²) in [6.07, 6.45) is 3.77. The summed E-state index contributed by atoms with van der Waals surface area (Å²) in [5, 5.41) is 15.3. The molecule has 0 saturated carbocycles. The van der Waals surface area contributed by atoms with Gasteiger partial charge in [-0.05, 0) is 163 Å². The average Bonchev–Trinajstić information content (AvgIpc) is 1.68. The second-order valence-corrected chi connectivity index (χ2v) is 28.0. The quantitative estimate of drug-likeness (QED) is 0.128. The zero-order valence-electron chi connectivity index (χ0n) is 60.5. The topological polar surface area (TPSA) is 66.3 Å². The number of aromatic nitrogens is 7. The van der Waals surface area contributed by atoms with E-state index in [0.29, 0.717) is 0 Å². The van der Waals surface area contributed by atoms with Crippen LogP contribution in [0.1, 0.15) is 0 Å². The molecule has 0 aliphatic rings. The van der Waals surface area contributed by atoms with Crippen molar-refractivity contribution in [3.8, 4) is 95.7 Å². The van der Waals surface area contributed by atoms with Gasteiger partial charge in [0.05, 0.1) is 44.5 Å². The monoisotopic (exact) mass is 1420 g/mol. The van der Waals surface area contributed by atoms with Gasteiger partial charge in [0.25, 0.3) is 0 Å². The molecular weight excluding hydrogens is 1350 g/mol. The molecule has 0 bridgehead atoms. The van der Waals surface area contributed by atoms with Crippen LogP contribution in [-0.4, -0.2) is 33.6 Å². The second-order valence-electron chi connectivity index (χ2n) is 28.0. The summed E-state index contributed by atoms with van der Waals surface area (Å²) < 4.78 is 7.09. The Kier molecular flexibility index (Phi) is 16.8. The molecule has 0 N–H and O–H groups in total. The number of hydrogen-bond donors (Lipinski definition) is 0. The molecule has 0 aliphatic carbocycles. The Hall–Kier alpha value is -14.9. The first-order valence-electron chi connectivity index (χ1n) is 37.6. The maximum atomic E-state index is 4.97. The number of rotatable bonds is 10. The molecule has 5 aromatic heterocycles. The van der Waals surface area contributed by atoms with Gasteiger partial charge in [0.2, 0.25) is 0 Å². The molecular formula is C104H69N7. The Balaban J connectivity index is 0.000000110. The SMILES string of the molecule is c1ccc(-c2cc(-c3ccc(-n4c5ccccc5c5ccccc54)cc3)nc(-c3ccccc3)n2)cc1.c1ccc(-c2ccc3c(c2)c2cc(-c4ccccc4)ccc2n3-c2ccc3c4ccccc4c4ccccc4c3c2)cc1.c1ccc(-c2cnc(-c3ccc(-n4c5ccccc5c5ccccc54)cc3)nc2)cc1. The van der Waals surface area contributed by atoms with Crippen LogP contribution in [0.3, 0.4) is 0 Å². The van der Waals surface area contributed by atoms with Crippen molar-refractivity contribution in [1.29, 1.82) is 0 Å². The van der Waals surface area contributed by atoms with Gasteiger partial charge in [0.1, 0.15) is 0 Å². The smallest absolute Gasteiger partial charge is 0.160 e. The van der Waals surface area contributed by atoms with Gasteiger partial charge < -0.3 is 13.7 Å². The number of para-hydroxylation sites is 4. The molecule has 0 unspecified atom stereocenters. The van der Waals surface area contributed by atoms with E-state index in [1.54, 1.807) is 0 Å². The van der Waals surface area contributed by atoms with Crippen LogP contribution in [0, 0.1) is 0 Å². The lowest BCUT2D eigenvalue weighted by Gasteiger charge is -2.14. The van der Waals surface area contributed by atoms with Crippen molar-refractivity contribution in [1.82, 2.24) is 33.6 Å². The molecule has 0 aliphatic heterocycles. The molecule has 22 aromatic rings. The standard InChI is InChI=1S/C42H27N.C34H23N3.C28H19N3/c1-3-11-28(12-4-1)30-19-23-41-39(25-30)40-26-31(29-13-5-2-6-14-29)20-24-42(40)43(41)32-21-22-37-35-17-8-7-15-33(35)34-16-9-10-18-36(34)38(37)27-32;1-3-11-24(12-4-1)30-23-31(36-34(35-30)26-13-5-2-6-14-26)25-19-21-27(22-20-25)37-32-17-9-7-15-28(32)29-16-8-10-18-33(29)37;1-2-8-20(9-3-1)22-18-29-28(30-19-22)21-14-16-23(17-15-21)31-26-12-6-4-10-24(26)25-11-5-7-13-27(25)31/h1-27H;1-23H;1-19H. The number of fused-ring (bicyclic) bond motifs is 15. The first-order chi connectivity index (χ1) is 55.1. The van der Waals surface area contributed by atoms with Crippen molar-refractivity contribution < 1.29 is 0 Å². The molecule has 7 heteroatoms. The zero-order chi connectivity index (χ0) is 73.6. The Bertz CT molecular complexity index is 6900. The van der Waals surface area contributed by atoms with E-state index in [9.17, 15) is 0 Å². The first kappa shape index (κ1) is 65.6. The minimum atomic E-state index is 0.725. The van der Waals surface area contributed by atoms with E-state index >= 15 is 0 Å². The van der Waals surface area contributed by atoms with E-state index in [-0.39, 0.29) is 0 Å². The third-order valence-corrected chi connectivity index (χ3v) is 21.5. The Labute approximate surface area is 641 Å². The molecule has 111 heavy (non-hydrogen) atoms. The summed E-state index contributed by atoms with van der Waals surface area (Å²) in [5.41, 5.74) is 23.7. The van der Waals surface area contributed by atoms with Crippen molar-refractivity contribution in [2.45, 2.75) is 0 Å². The van der Waals surface area contributed by atoms with Crippen molar-refractivity contribution in [3.63, 3.8) is 0 Å². The molecule has 17 aromatic carbocycles. The van der Waals surface area contributed by atoms with E-state index in [1.807, 2.05) is 67.0 Å². The predicted molar refractivity (Wildman–Crippen MR) is 464 cm³/mol. The highest BCUT2D eigenvalue weighted by molar-refractivity contribution is 6.26. The van der Waals surface area contributed by atoms with Gasteiger partial charge in [-0.3, -0.25) is 0 Å². The summed E-state index contributed by atoms with van der Waals surface area (Å²) in [6.45, 7) is 0. The van der Waals surface area contributed by atoms with Crippen LogP contribution in [0.2, 0.25) is 0 Å². The fourth-order valence-electron chi connectivity index (χ4n) is 16.2. The van der Waals surface area contributed by atoms with Crippen LogP contribution in [0.5, 0.6) is 0 Å². The highest BCUT2D eigenvalue weighted by Gasteiger charge is 2.20. The van der Waals surface area contributed by atoms with Crippen LogP contribution >= 0.6 is 0 Å². The normalized spacial score (nSPS) is 11.4. The first-order valence-corrected chi connectivity index (χ1v) is 37.6. The molecule has 22 rings (SSSR count). The third kappa shape index (κ3) is 12.2. The summed E-state index contributed by atoms with van der Waals surface area (Å²) in [7, 11) is 0. The van der Waals surface area contributed by atoms with Gasteiger partial charge in [0, 0.05) is 89.6 Å². The van der Waals surface area contributed by atoms with Crippen LogP contribution in [-0.2, 0) is 0 Å². The fourth-order valence-corrected chi connectivity index (χ4v) is 16.2. The Morgan fingerprint density at radius 3 is 0.847 bits per heavy atom. The second kappa shape index (κ2) is 28.4. The van der Waals surface area contributed by atoms with Crippen molar-refractivity contribution >= 4 is 97.7 Å². The zero-order valence-corrected chi connectivity index (χ0v) is 60.5. The molecule has 520 valence electrons. The maximum Gasteiger partial charge on any atom is 0.160 e. The predicted octanol–water partition coefficient (Wildman–Crippen LogP) is 27.1. The van der Waals surface area contributed by atoms with Gasteiger partial charge >= 0.3 is 0 Å². The van der Waals surface area contributed by atoms with Crippen molar-refractivity contribution in [2.75, 3.05) is 0 Å². The van der Waals surface area contributed by atoms with Crippen LogP contribution in [0.4, 0.5) is 0 Å². The molecule has 0 spiro atoms. The largest absolute Gasteiger partial charge is 0.309 e. The van der Waals surface area contributed by atoms with Crippen molar-refractivity contribution in [2.24, 2.45) is 0 Å². The minimum Gasteiger partial charge on any atom is -0.309 e. The van der Waals surface area contributed by atoms with Crippen LogP contribution in [0.15, 0.2) is 419 Å². The molecule has 5 heterocycles. The molecule has 0 fully saturated rings. The maximum absolute atomic E-state index is 4.97. The number of nitrogens with zero attached hydrogens (tertiary/aromatic N) is 7. The average molecular weight is 1420 g/mol. The van der Waals surface area contributed by atoms with Gasteiger partial charge in [-0.15, -0.1) is 0 Å². The number of benzene rings is 17. The molecule has 0 amide bonds. The van der Waals surface area contributed by atoms with Gasteiger partial charge in [-0.25, -0.2) is 19.9 Å². The van der Waals surface area contributed by atoms with E-state index in [2.05, 4.69) is 376 Å². The fraction of sp³-hybridized carbons (Fsp3) is 0.